The molecule has 0 saturated heterocycles. The van der Waals surface area contributed by atoms with Crippen molar-refractivity contribution in [1.82, 2.24) is 15.4 Å². The summed E-state index contributed by atoms with van der Waals surface area (Å²) in [6.07, 6.45) is 2.38. The summed E-state index contributed by atoms with van der Waals surface area (Å²) in [4.78, 5) is 34.8. The fraction of sp³-hybridized carbons (Fsp3) is 0.471. The van der Waals surface area contributed by atoms with E-state index in [1.54, 1.807) is 0 Å². The number of ether oxygens (including phenoxy) is 1. The lowest BCUT2D eigenvalue weighted by Gasteiger charge is -2.15. The molecule has 3 amide bonds. The Labute approximate surface area is 162 Å². The highest BCUT2D eigenvalue weighted by Gasteiger charge is 2.24. The van der Waals surface area contributed by atoms with E-state index in [0.717, 1.165) is 37.8 Å². The summed E-state index contributed by atoms with van der Waals surface area (Å²) >= 11 is 0. The van der Waals surface area contributed by atoms with Crippen molar-refractivity contribution in [2.75, 3.05) is 6.54 Å². The van der Waals surface area contributed by atoms with Crippen LogP contribution in [0.3, 0.4) is 0 Å². The Balaban J connectivity index is 1.79. The molecule has 1 fully saturated rings. The van der Waals surface area contributed by atoms with E-state index in [0.29, 0.717) is 0 Å². The molecule has 28 heavy (non-hydrogen) atoms. The van der Waals surface area contributed by atoms with Gasteiger partial charge in [0.1, 0.15) is 17.3 Å². The van der Waals surface area contributed by atoms with Gasteiger partial charge in [-0.15, -0.1) is 0 Å². The van der Waals surface area contributed by atoms with Crippen molar-refractivity contribution in [1.29, 1.82) is 0 Å². The Hall–Kier alpha value is -2.53. The van der Waals surface area contributed by atoms with Gasteiger partial charge >= 0.3 is 12.0 Å². The molecular weight excluding hydrogens is 393 g/mol. The molecule has 0 bridgehead atoms. The Kier molecular flexibility index (Phi) is 7.46. The van der Waals surface area contributed by atoms with Crippen LogP contribution in [0.1, 0.15) is 32.6 Å². The maximum Gasteiger partial charge on any atom is 0.321 e. The maximum absolute atomic E-state index is 13.6. The quantitative estimate of drug-likeness (QED) is 0.565. The number of amides is 3. The summed E-state index contributed by atoms with van der Waals surface area (Å²) in [6.45, 7) is 0.435. The lowest BCUT2D eigenvalue weighted by molar-refractivity contribution is -0.153. The van der Waals surface area contributed by atoms with Gasteiger partial charge in [0, 0.05) is 6.04 Å². The SMILES string of the molecule is C[C@H](OC(=O)CNS(=O)(=O)c1ccccc1F)C(=O)NC(=O)NC1CCCC1. The highest BCUT2D eigenvalue weighted by Crippen LogP contribution is 2.17. The van der Waals surface area contributed by atoms with Crippen molar-refractivity contribution in [3.8, 4) is 0 Å². The number of carbonyl (C=O) groups excluding carboxylic acids is 3. The average Bonchev–Trinajstić information content (AvgIpc) is 3.13. The van der Waals surface area contributed by atoms with Gasteiger partial charge in [-0.2, -0.15) is 4.72 Å². The minimum atomic E-state index is -4.27. The van der Waals surface area contributed by atoms with Crippen LogP contribution in [0.15, 0.2) is 29.2 Å². The first-order valence-corrected chi connectivity index (χ1v) is 10.2. The molecule has 1 aromatic rings. The van der Waals surface area contributed by atoms with Crippen LogP contribution in [-0.4, -0.2) is 45.0 Å². The minimum Gasteiger partial charge on any atom is -0.452 e. The van der Waals surface area contributed by atoms with E-state index >= 15 is 0 Å². The largest absolute Gasteiger partial charge is 0.452 e. The average molecular weight is 415 g/mol. The molecule has 0 aliphatic heterocycles. The summed E-state index contributed by atoms with van der Waals surface area (Å²) in [7, 11) is -4.27. The zero-order valence-corrected chi connectivity index (χ0v) is 16.1. The number of halogens is 1. The van der Waals surface area contributed by atoms with Crippen molar-refractivity contribution in [2.24, 2.45) is 0 Å². The number of imide groups is 1. The lowest BCUT2D eigenvalue weighted by atomic mass is 10.2. The first-order valence-electron chi connectivity index (χ1n) is 8.74. The number of hydrogen-bond donors (Lipinski definition) is 3. The summed E-state index contributed by atoms with van der Waals surface area (Å²) in [5, 5.41) is 4.71. The van der Waals surface area contributed by atoms with Gasteiger partial charge in [-0.05, 0) is 31.9 Å². The first-order chi connectivity index (χ1) is 13.2. The third-order valence-electron chi connectivity index (χ3n) is 4.14. The molecule has 1 aliphatic carbocycles. The zero-order chi connectivity index (χ0) is 20.7. The molecule has 0 aromatic heterocycles. The van der Waals surface area contributed by atoms with Crippen LogP contribution in [0.4, 0.5) is 9.18 Å². The molecule has 2 rings (SSSR count). The fourth-order valence-corrected chi connectivity index (χ4v) is 3.74. The summed E-state index contributed by atoms with van der Waals surface area (Å²) in [5.74, 6) is -2.87. The maximum atomic E-state index is 13.6. The molecule has 1 aromatic carbocycles. The molecule has 11 heteroatoms. The van der Waals surface area contributed by atoms with Crippen molar-refractivity contribution in [3.63, 3.8) is 0 Å². The molecular formula is C17H22FN3O6S. The van der Waals surface area contributed by atoms with Crippen molar-refractivity contribution in [2.45, 2.75) is 49.6 Å². The lowest BCUT2D eigenvalue weighted by Crippen LogP contribution is -2.47. The molecule has 0 spiro atoms. The summed E-state index contributed by atoms with van der Waals surface area (Å²) in [6, 6.07) is 4.00. The smallest absolute Gasteiger partial charge is 0.321 e. The Morgan fingerprint density at radius 1 is 1.21 bits per heavy atom. The summed E-state index contributed by atoms with van der Waals surface area (Å²) in [5.41, 5.74) is 0. The van der Waals surface area contributed by atoms with Crippen LogP contribution in [0.2, 0.25) is 0 Å². The van der Waals surface area contributed by atoms with Crippen LogP contribution in [0, 0.1) is 5.82 Å². The van der Waals surface area contributed by atoms with Crippen molar-refractivity contribution >= 4 is 27.9 Å². The highest BCUT2D eigenvalue weighted by molar-refractivity contribution is 7.89. The molecule has 1 atom stereocenters. The van der Waals surface area contributed by atoms with E-state index in [9.17, 15) is 27.2 Å². The van der Waals surface area contributed by atoms with Crippen LogP contribution < -0.4 is 15.4 Å². The van der Waals surface area contributed by atoms with Crippen LogP contribution in [0.25, 0.3) is 0 Å². The second kappa shape index (κ2) is 9.60. The molecule has 9 nitrogen and oxygen atoms in total. The zero-order valence-electron chi connectivity index (χ0n) is 15.2. The van der Waals surface area contributed by atoms with Gasteiger partial charge in [-0.25, -0.2) is 17.6 Å². The number of benzene rings is 1. The molecule has 0 radical (unpaired) electrons. The Morgan fingerprint density at radius 3 is 2.50 bits per heavy atom. The Bertz CT molecular complexity index is 839. The first kappa shape index (κ1) is 21.8. The molecule has 1 aliphatic rings. The van der Waals surface area contributed by atoms with Gasteiger partial charge in [0.05, 0.1) is 0 Å². The number of nitrogens with one attached hydrogen (secondary N) is 3. The van der Waals surface area contributed by atoms with Crippen LogP contribution in [-0.2, 0) is 24.3 Å². The standard InChI is InChI=1S/C17H22FN3O6S/c1-11(16(23)21-17(24)20-12-6-2-3-7-12)27-15(22)10-19-28(25,26)14-9-5-4-8-13(14)18/h4-5,8-9,11-12,19H,2-3,6-7,10H2,1H3,(H2,20,21,23,24)/t11-/m0/s1. The molecule has 3 N–H and O–H groups in total. The van der Waals surface area contributed by atoms with Gasteiger partial charge < -0.3 is 10.1 Å². The van der Waals surface area contributed by atoms with Gasteiger partial charge in [-0.3, -0.25) is 14.9 Å². The number of urea groups is 1. The van der Waals surface area contributed by atoms with Crippen molar-refractivity contribution < 1.29 is 31.9 Å². The molecule has 0 unspecified atom stereocenters. The van der Waals surface area contributed by atoms with E-state index in [2.05, 4.69) is 10.6 Å². The van der Waals surface area contributed by atoms with E-state index in [4.69, 9.17) is 4.74 Å². The second-order valence-electron chi connectivity index (χ2n) is 6.33. The minimum absolute atomic E-state index is 0.0124. The molecule has 154 valence electrons. The molecule has 1 saturated carbocycles. The van der Waals surface area contributed by atoms with Gasteiger partial charge in [0.25, 0.3) is 5.91 Å². The predicted octanol–water partition coefficient (Wildman–Crippen LogP) is 0.804. The third-order valence-corrected chi connectivity index (χ3v) is 5.57. The normalized spacial score (nSPS) is 15.6. The number of esters is 1. The van der Waals surface area contributed by atoms with E-state index in [-0.39, 0.29) is 6.04 Å². The van der Waals surface area contributed by atoms with Crippen LogP contribution in [0.5, 0.6) is 0 Å². The third kappa shape index (κ3) is 6.27. The van der Waals surface area contributed by atoms with E-state index < -0.39 is 51.3 Å². The number of hydrogen-bond acceptors (Lipinski definition) is 6. The Morgan fingerprint density at radius 2 is 1.86 bits per heavy atom. The van der Waals surface area contributed by atoms with Gasteiger partial charge in [-0.1, -0.05) is 25.0 Å². The second-order valence-corrected chi connectivity index (χ2v) is 8.07. The van der Waals surface area contributed by atoms with E-state index in [1.807, 2.05) is 4.72 Å². The van der Waals surface area contributed by atoms with Gasteiger partial charge in [0.15, 0.2) is 6.10 Å². The number of sulfonamides is 1. The fourth-order valence-electron chi connectivity index (χ4n) is 2.69. The van der Waals surface area contributed by atoms with Crippen LogP contribution >= 0.6 is 0 Å². The summed E-state index contributed by atoms with van der Waals surface area (Å²) < 4.78 is 44.2. The topological polar surface area (TPSA) is 131 Å². The predicted molar refractivity (Wildman–Crippen MR) is 96.1 cm³/mol. The van der Waals surface area contributed by atoms with Crippen molar-refractivity contribution in [3.05, 3.63) is 30.1 Å². The van der Waals surface area contributed by atoms with Gasteiger partial charge in [0.2, 0.25) is 10.0 Å². The molecule has 0 heterocycles. The van der Waals surface area contributed by atoms with E-state index in [1.165, 1.54) is 19.1 Å². The monoisotopic (exact) mass is 415 g/mol. The number of rotatable bonds is 7. The number of carbonyl (C=O) groups is 3. The highest BCUT2D eigenvalue weighted by atomic mass is 32.2.